The quantitative estimate of drug-likeness (QED) is 0.769. The Morgan fingerprint density at radius 1 is 1.29 bits per heavy atom. The molecule has 24 heavy (non-hydrogen) atoms. The fourth-order valence-electron chi connectivity index (χ4n) is 3.02. The van der Waals surface area contributed by atoms with Crippen molar-refractivity contribution >= 4 is 40.2 Å². The minimum Gasteiger partial charge on any atom is -0.460 e. The van der Waals surface area contributed by atoms with Crippen molar-refractivity contribution in [3.8, 4) is 0 Å². The summed E-state index contributed by atoms with van der Waals surface area (Å²) in [6.45, 7) is 0. The number of hydrogen-bond acceptors (Lipinski definition) is 6. The van der Waals surface area contributed by atoms with Crippen LogP contribution in [0.1, 0.15) is 35.4 Å². The van der Waals surface area contributed by atoms with E-state index in [1.807, 2.05) is 18.5 Å². The lowest BCUT2D eigenvalue weighted by molar-refractivity contribution is -0.169. The Kier molecular flexibility index (Phi) is 5.62. The van der Waals surface area contributed by atoms with Crippen molar-refractivity contribution in [2.75, 3.05) is 7.05 Å². The molecule has 1 fully saturated rings. The van der Waals surface area contributed by atoms with Crippen LogP contribution in [-0.2, 0) is 15.1 Å². The summed E-state index contributed by atoms with van der Waals surface area (Å²) >= 11 is 8.54. The van der Waals surface area contributed by atoms with Gasteiger partial charge in [0, 0.05) is 6.04 Å². The minimum absolute atomic E-state index is 0.149. The van der Waals surface area contributed by atoms with Crippen LogP contribution in [-0.4, -0.2) is 30.3 Å². The number of rotatable bonds is 5. The Hall–Kier alpha value is -0.920. The van der Waals surface area contributed by atoms with E-state index in [0.717, 1.165) is 25.7 Å². The minimum atomic E-state index is -1.79. The molecule has 130 valence electrons. The molecule has 2 N–H and O–H groups in total. The first kappa shape index (κ1) is 17.9. The van der Waals surface area contributed by atoms with Crippen molar-refractivity contribution in [1.82, 2.24) is 5.32 Å². The number of halogens is 1. The molecule has 1 saturated carbocycles. The van der Waals surface area contributed by atoms with Crippen molar-refractivity contribution in [3.05, 3.63) is 43.7 Å². The van der Waals surface area contributed by atoms with E-state index in [1.54, 1.807) is 18.2 Å². The third-order valence-electron chi connectivity index (χ3n) is 4.46. The Bertz CT molecular complexity index is 680. The topological polar surface area (TPSA) is 58.6 Å². The molecule has 0 aromatic carbocycles. The highest BCUT2D eigenvalue weighted by atomic mass is 35.5. The highest BCUT2D eigenvalue weighted by molar-refractivity contribution is 7.16. The normalized spacial score (nSPS) is 23.6. The summed E-state index contributed by atoms with van der Waals surface area (Å²) in [6, 6.07) is 7.41. The predicted molar refractivity (Wildman–Crippen MR) is 97.8 cm³/mol. The van der Waals surface area contributed by atoms with Gasteiger partial charge in [0.1, 0.15) is 6.10 Å². The number of esters is 1. The molecule has 1 aliphatic carbocycles. The lowest BCUT2D eigenvalue weighted by Crippen LogP contribution is -2.41. The first-order valence-corrected chi connectivity index (χ1v) is 10.0. The van der Waals surface area contributed by atoms with Crippen LogP contribution in [0, 0.1) is 0 Å². The molecule has 1 aliphatic rings. The second-order valence-electron chi connectivity index (χ2n) is 5.96. The van der Waals surface area contributed by atoms with Gasteiger partial charge in [0.2, 0.25) is 5.60 Å². The van der Waals surface area contributed by atoms with Gasteiger partial charge in [-0.25, -0.2) is 4.79 Å². The molecule has 0 saturated heterocycles. The summed E-state index contributed by atoms with van der Waals surface area (Å²) in [7, 11) is 1.95. The molecule has 0 radical (unpaired) electrons. The molecule has 2 heterocycles. The van der Waals surface area contributed by atoms with Gasteiger partial charge in [0.05, 0.1) is 14.1 Å². The Morgan fingerprint density at radius 2 is 2.04 bits per heavy atom. The first-order valence-electron chi connectivity index (χ1n) is 7.94. The highest BCUT2D eigenvalue weighted by Crippen LogP contribution is 2.40. The molecule has 0 aliphatic heterocycles. The van der Waals surface area contributed by atoms with Crippen LogP contribution in [0.2, 0.25) is 4.34 Å². The maximum absolute atomic E-state index is 12.9. The summed E-state index contributed by atoms with van der Waals surface area (Å²) in [6.07, 6.45) is 3.41. The van der Waals surface area contributed by atoms with E-state index in [-0.39, 0.29) is 6.10 Å². The molecule has 7 heteroatoms. The molecular weight excluding hydrogens is 366 g/mol. The van der Waals surface area contributed by atoms with Crippen LogP contribution in [0.4, 0.5) is 0 Å². The lowest BCUT2D eigenvalue weighted by Gasteiger charge is -2.31. The van der Waals surface area contributed by atoms with Crippen LogP contribution in [0.15, 0.2) is 29.6 Å². The summed E-state index contributed by atoms with van der Waals surface area (Å²) in [5.74, 6) is -0.614. The number of hydrogen-bond donors (Lipinski definition) is 2. The number of nitrogens with one attached hydrogen (secondary N) is 1. The summed E-state index contributed by atoms with van der Waals surface area (Å²) in [5.41, 5.74) is -1.79. The van der Waals surface area contributed by atoms with Crippen molar-refractivity contribution < 1.29 is 14.6 Å². The molecule has 4 nitrogen and oxygen atoms in total. The average molecular weight is 386 g/mol. The van der Waals surface area contributed by atoms with Crippen molar-refractivity contribution in [3.63, 3.8) is 0 Å². The molecule has 0 bridgehead atoms. The molecule has 0 amide bonds. The van der Waals surface area contributed by atoms with E-state index in [2.05, 4.69) is 5.32 Å². The summed E-state index contributed by atoms with van der Waals surface area (Å²) < 4.78 is 6.22. The van der Waals surface area contributed by atoms with Crippen LogP contribution in [0.25, 0.3) is 0 Å². The van der Waals surface area contributed by atoms with Gasteiger partial charge in [0.15, 0.2) is 0 Å². The standard InChI is InChI=1S/C17H20ClNO3S2/c1-19-11-4-6-12(7-5-11)22-16(20)17(21,13-3-2-10-23-13)14-8-9-15(18)24-14/h2-3,8-12,19,21H,4-7H2,1H3/t11-,12-,17-/m1/s1. The highest BCUT2D eigenvalue weighted by Gasteiger charge is 2.45. The second kappa shape index (κ2) is 7.54. The van der Waals surface area contributed by atoms with E-state index < -0.39 is 11.6 Å². The van der Waals surface area contributed by atoms with Gasteiger partial charge >= 0.3 is 5.97 Å². The SMILES string of the molecule is CN[C@H]1CC[C@H](OC(=O)[C@@](O)(c2cccs2)c2ccc(Cl)s2)CC1. The lowest BCUT2D eigenvalue weighted by atomic mass is 9.92. The number of carbonyl (C=O) groups is 1. The third-order valence-corrected chi connectivity index (χ3v) is 6.78. The molecule has 2 aromatic rings. The van der Waals surface area contributed by atoms with Crippen LogP contribution < -0.4 is 5.32 Å². The maximum atomic E-state index is 12.9. The summed E-state index contributed by atoms with van der Waals surface area (Å²) in [4.78, 5) is 13.9. The number of aliphatic hydroxyl groups is 1. The average Bonchev–Trinajstić information content (AvgIpc) is 3.26. The Balaban J connectivity index is 1.80. The van der Waals surface area contributed by atoms with Gasteiger partial charge in [-0.1, -0.05) is 17.7 Å². The summed E-state index contributed by atoms with van der Waals surface area (Å²) in [5, 5.41) is 16.3. The molecule has 0 unspecified atom stereocenters. The number of thiophene rings is 2. The monoisotopic (exact) mass is 385 g/mol. The smallest absolute Gasteiger partial charge is 0.349 e. The van der Waals surface area contributed by atoms with E-state index >= 15 is 0 Å². The van der Waals surface area contributed by atoms with Gasteiger partial charge in [-0.05, 0) is 56.3 Å². The fourth-order valence-corrected chi connectivity index (χ4v) is 5.05. The maximum Gasteiger partial charge on any atom is 0.349 e. The van der Waals surface area contributed by atoms with E-state index in [0.29, 0.717) is 20.1 Å². The van der Waals surface area contributed by atoms with Crippen molar-refractivity contribution in [1.29, 1.82) is 0 Å². The zero-order valence-corrected chi connectivity index (χ0v) is 15.7. The number of ether oxygens (including phenoxy) is 1. The van der Waals surface area contributed by atoms with E-state index in [1.165, 1.54) is 22.7 Å². The zero-order chi connectivity index (χ0) is 17.2. The van der Waals surface area contributed by atoms with Crippen LogP contribution in [0.5, 0.6) is 0 Å². The third kappa shape index (κ3) is 3.53. The molecule has 3 rings (SSSR count). The zero-order valence-electron chi connectivity index (χ0n) is 13.3. The molecule has 1 atom stereocenters. The van der Waals surface area contributed by atoms with Crippen molar-refractivity contribution in [2.24, 2.45) is 0 Å². The van der Waals surface area contributed by atoms with Gasteiger partial charge in [0.25, 0.3) is 0 Å². The Morgan fingerprint density at radius 3 is 2.58 bits per heavy atom. The van der Waals surface area contributed by atoms with E-state index in [4.69, 9.17) is 16.3 Å². The second-order valence-corrected chi connectivity index (χ2v) is 8.62. The Labute approximate surface area is 154 Å². The van der Waals surface area contributed by atoms with Gasteiger partial charge in [-0.3, -0.25) is 0 Å². The van der Waals surface area contributed by atoms with Gasteiger partial charge in [-0.2, -0.15) is 0 Å². The number of carbonyl (C=O) groups excluding carboxylic acids is 1. The van der Waals surface area contributed by atoms with Crippen LogP contribution >= 0.6 is 34.3 Å². The van der Waals surface area contributed by atoms with Crippen LogP contribution in [0.3, 0.4) is 0 Å². The molecule has 2 aromatic heterocycles. The fraction of sp³-hybridized carbons (Fsp3) is 0.471. The largest absolute Gasteiger partial charge is 0.460 e. The molecular formula is C17H20ClNO3S2. The van der Waals surface area contributed by atoms with Gasteiger partial charge in [-0.15, -0.1) is 22.7 Å². The molecule has 0 spiro atoms. The van der Waals surface area contributed by atoms with Crippen molar-refractivity contribution in [2.45, 2.75) is 43.4 Å². The predicted octanol–water partition coefficient (Wildman–Crippen LogP) is 3.77. The van der Waals surface area contributed by atoms with E-state index in [9.17, 15) is 9.90 Å². The van der Waals surface area contributed by atoms with Gasteiger partial charge < -0.3 is 15.2 Å². The first-order chi connectivity index (χ1) is 11.5.